The quantitative estimate of drug-likeness (QED) is 0.563. The van der Waals surface area contributed by atoms with Gasteiger partial charge in [-0.1, -0.05) is 24.6 Å². The molecule has 0 saturated carbocycles. The number of nitrogens with zero attached hydrogens (tertiary/aromatic N) is 1. The van der Waals surface area contributed by atoms with E-state index in [0.29, 0.717) is 25.2 Å². The maximum Gasteiger partial charge on any atom is 0.329 e. The summed E-state index contributed by atoms with van der Waals surface area (Å²) in [7, 11) is 3.03. The Bertz CT molecular complexity index is 954. The van der Waals surface area contributed by atoms with Gasteiger partial charge in [0.15, 0.2) is 17.2 Å². The number of aromatic hydroxyl groups is 1. The van der Waals surface area contributed by atoms with Crippen molar-refractivity contribution in [3.05, 3.63) is 48.3 Å². The first kappa shape index (κ1) is 25.3. The summed E-state index contributed by atoms with van der Waals surface area (Å²) in [6, 6.07) is 9.97. The van der Waals surface area contributed by atoms with E-state index < -0.39 is 24.0 Å². The molecule has 9 nitrogen and oxygen atoms in total. The van der Waals surface area contributed by atoms with E-state index in [4.69, 9.17) is 18.9 Å². The third-order valence-corrected chi connectivity index (χ3v) is 5.92. The second-order valence-electron chi connectivity index (χ2n) is 8.25. The SMILES string of the molecule is COCC[C@H]1CCC[C@H](NC(=O)c2nccc(OC)c2O)C(=O)O[C@@H](C)[C@@H]1Oc1ccccc1. The maximum absolute atomic E-state index is 13.0. The second-order valence-corrected chi connectivity index (χ2v) is 8.25. The van der Waals surface area contributed by atoms with Gasteiger partial charge in [-0.15, -0.1) is 0 Å². The summed E-state index contributed by atoms with van der Waals surface area (Å²) < 4.78 is 22.4. The molecule has 0 aliphatic carbocycles. The molecule has 1 aliphatic rings. The minimum absolute atomic E-state index is 0.0847. The molecule has 3 rings (SSSR count). The molecule has 1 saturated heterocycles. The van der Waals surface area contributed by atoms with Crippen LogP contribution in [-0.4, -0.2) is 61.0 Å². The number of rotatable bonds is 8. The molecule has 2 N–H and O–H groups in total. The number of pyridine rings is 1. The average Bonchev–Trinajstić information content (AvgIpc) is 2.88. The molecule has 0 radical (unpaired) electrons. The first-order chi connectivity index (χ1) is 16.4. The zero-order valence-electron chi connectivity index (χ0n) is 19.7. The second kappa shape index (κ2) is 12.2. The molecule has 1 fully saturated rings. The predicted octanol–water partition coefficient (Wildman–Crippen LogP) is 3.11. The van der Waals surface area contributed by atoms with Crippen LogP contribution >= 0.6 is 0 Å². The van der Waals surface area contributed by atoms with E-state index in [1.807, 2.05) is 30.3 Å². The Hall–Kier alpha value is -3.33. The summed E-state index contributed by atoms with van der Waals surface area (Å²) >= 11 is 0. The van der Waals surface area contributed by atoms with Crippen LogP contribution < -0.4 is 14.8 Å². The molecular formula is C25H32N2O7. The van der Waals surface area contributed by atoms with Gasteiger partial charge < -0.3 is 29.4 Å². The first-order valence-electron chi connectivity index (χ1n) is 11.4. The van der Waals surface area contributed by atoms with Crippen LogP contribution in [0.5, 0.6) is 17.2 Å². The fraction of sp³-hybridized carbons (Fsp3) is 0.480. The van der Waals surface area contributed by atoms with E-state index in [1.54, 1.807) is 14.0 Å². The van der Waals surface area contributed by atoms with E-state index in [2.05, 4.69) is 10.3 Å². The van der Waals surface area contributed by atoms with Crippen molar-refractivity contribution in [2.24, 2.45) is 5.92 Å². The fourth-order valence-electron chi connectivity index (χ4n) is 4.13. The Morgan fingerprint density at radius 3 is 2.68 bits per heavy atom. The number of para-hydroxylation sites is 1. The summed E-state index contributed by atoms with van der Waals surface area (Å²) in [6.45, 7) is 2.35. The fourth-order valence-corrected chi connectivity index (χ4v) is 4.13. The lowest BCUT2D eigenvalue weighted by atomic mass is 9.89. The molecule has 4 atom stereocenters. The lowest BCUT2D eigenvalue weighted by Crippen LogP contribution is -2.45. The normalized spacial score (nSPS) is 23.1. The molecule has 0 spiro atoms. The highest BCUT2D eigenvalue weighted by Crippen LogP contribution is 2.30. The third kappa shape index (κ3) is 6.38. The van der Waals surface area contributed by atoms with Crippen molar-refractivity contribution in [1.29, 1.82) is 0 Å². The van der Waals surface area contributed by atoms with E-state index in [-0.39, 0.29) is 29.2 Å². The number of methoxy groups -OCH3 is 2. The van der Waals surface area contributed by atoms with Crippen LogP contribution in [-0.2, 0) is 14.3 Å². The van der Waals surface area contributed by atoms with Gasteiger partial charge in [-0.2, -0.15) is 0 Å². The maximum atomic E-state index is 13.0. The summed E-state index contributed by atoms with van der Waals surface area (Å²) in [6.07, 6.45) is 2.96. The van der Waals surface area contributed by atoms with Crippen LogP contribution in [0.3, 0.4) is 0 Å². The molecule has 34 heavy (non-hydrogen) atoms. The first-order valence-corrected chi connectivity index (χ1v) is 11.4. The Morgan fingerprint density at radius 2 is 1.97 bits per heavy atom. The Balaban J connectivity index is 1.77. The van der Waals surface area contributed by atoms with E-state index in [1.165, 1.54) is 19.4 Å². The number of hydrogen-bond acceptors (Lipinski definition) is 8. The van der Waals surface area contributed by atoms with Crippen molar-refractivity contribution in [3.63, 3.8) is 0 Å². The smallest absolute Gasteiger partial charge is 0.329 e. The van der Waals surface area contributed by atoms with Crippen LogP contribution in [0, 0.1) is 5.92 Å². The van der Waals surface area contributed by atoms with Crippen molar-refractivity contribution < 1.29 is 33.6 Å². The van der Waals surface area contributed by atoms with Crippen molar-refractivity contribution >= 4 is 11.9 Å². The summed E-state index contributed by atoms with van der Waals surface area (Å²) in [5.41, 5.74) is -0.219. The molecule has 1 aliphatic heterocycles. The van der Waals surface area contributed by atoms with Crippen LogP contribution in [0.15, 0.2) is 42.6 Å². The monoisotopic (exact) mass is 472 g/mol. The number of amides is 1. The average molecular weight is 473 g/mol. The van der Waals surface area contributed by atoms with Gasteiger partial charge in [0, 0.05) is 31.9 Å². The molecule has 2 heterocycles. The minimum atomic E-state index is -0.888. The minimum Gasteiger partial charge on any atom is -0.503 e. The van der Waals surface area contributed by atoms with Gasteiger partial charge in [-0.25, -0.2) is 9.78 Å². The molecule has 2 aromatic rings. The number of cyclic esters (lactones) is 1. The highest BCUT2D eigenvalue weighted by atomic mass is 16.6. The molecule has 9 heteroatoms. The van der Waals surface area contributed by atoms with E-state index in [9.17, 15) is 14.7 Å². The van der Waals surface area contributed by atoms with Gasteiger partial charge in [-0.05, 0) is 38.3 Å². The lowest BCUT2D eigenvalue weighted by molar-refractivity contribution is -0.156. The number of esters is 1. The summed E-state index contributed by atoms with van der Waals surface area (Å²) in [4.78, 5) is 29.7. The van der Waals surface area contributed by atoms with Gasteiger partial charge in [0.25, 0.3) is 5.91 Å². The number of benzene rings is 1. The number of hydrogen-bond donors (Lipinski definition) is 2. The zero-order valence-corrected chi connectivity index (χ0v) is 19.7. The van der Waals surface area contributed by atoms with Crippen molar-refractivity contribution in [3.8, 4) is 17.2 Å². The van der Waals surface area contributed by atoms with Crippen LogP contribution in [0.25, 0.3) is 0 Å². The van der Waals surface area contributed by atoms with Gasteiger partial charge in [-0.3, -0.25) is 4.79 Å². The Morgan fingerprint density at radius 1 is 1.21 bits per heavy atom. The largest absolute Gasteiger partial charge is 0.503 e. The van der Waals surface area contributed by atoms with Gasteiger partial charge in [0.1, 0.15) is 24.0 Å². The summed E-state index contributed by atoms with van der Waals surface area (Å²) in [5, 5.41) is 12.9. The van der Waals surface area contributed by atoms with Gasteiger partial charge >= 0.3 is 5.97 Å². The van der Waals surface area contributed by atoms with Gasteiger partial charge in [0.2, 0.25) is 0 Å². The zero-order chi connectivity index (χ0) is 24.5. The van der Waals surface area contributed by atoms with Crippen molar-refractivity contribution in [2.45, 2.75) is 50.9 Å². The molecule has 0 unspecified atom stereocenters. The van der Waals surface area contributed by atoms with Crippen LogP contribution in [0.1, 0.15) is 43.1 Å². The standard InChI is InChI=1S/C25H32N2O7/c1-16-23(34-18-9-5-4-6-10-18)17(13-15-31-2)8-7-11-19(25(30)33-16)27-24(29)21-22(28)20(32-3)12-14-26-21/h4-6,9-10,12,14,16-17,19,23,28H,7-8,11,13,15H2,1-3H3,(H,27,29)/t16-,17+,19-,23-/m0/s1. The Labute approximate surface area is 199 Å². The summed E-state index contributed by atoms with van der Waals surface area (Å²) in [5.74, 6) is -0.727. The van der Waals surface area contributed by atoms with Crippen molar-refractivity contribution in [1.82, 2.24) is 10.3 Å². The van der Waals surface area contributed by atoms with E-state index >= 15 is 0 Å². The number of aromatic nitrogens is 1. The lowest BCUT2D eigenvalue weighted by Gasteiger charge is -2.31. The molecule has 0 bridgehead atoms. The van der Waals surface area contributed by atoms with Crippen molar-refractivity contribution in [2.75, 3.05) is 20.8 Å². The molecule has 1 amide bonds. The number of carbonyl (C=O) groups is 2. The topological polar surface area (TPSA) is 116 Å². The predicted molar refractivity (Wildman–Crippen MR) is 124 cm³/mol. The molecule has 1 aromatic carbocycles. The number of nitrogens with one attached hydrogen (secondary N) is 1. The molecular weight excluding hydrogens is 440 g/mol. The highest BCUT2D eigenvalue weighted by Gasteiger charge is 2.36. The number of ether oxygens (including phenoxy) is 4. The van der Waals surface area contributed by atoms with E-state index in [0.717, 1.165) is 12.8 Å². The number of carbonyl (C=O) groups excluding carboxylic acids is 2. The molecule has 184 valence electrons. The Kier molecular flexibility index (Phi) is 9.09. The third-order valence-electron chi connectivity index (χ3n) is 5.92. The highest BCUT2D eigenvalue weighted by molar-refractivity contribution is 5.97. The van der Waals surface area contributed by atoms with Gasteiger partial charge in [0.05, 0.1) is 7.11 Å². The molecule has 1 aromatic heterocycles. The van der Waals surface area contributed by atoms with Crippen LogP contribution in [0.4, 0.5) is 0 Å². The van der Waals surface area contributed by atoms with Crippen LogP contribution in [0.2, 0.25) is 0 Å².